The molecule has 20 heavy (non-hydrogen) atoms. The topological polar surface area (TPSA) is 79.4 Å². The number of carbonyl (C=O) groups excluding carboxylic acids is 3. The van der Waals surface area contributed by atoms with E-state index in [0.29, 0.717) is 29.7 Å². The van der Waals surface area contributed by atoms with E-state index in [1.165, 1.54) is 4.90 Å². The molecule has 1 atom stereocenters. The van der Waals surface area contributed by atoms with Crippen LogP contribution in [0.5, 0.6) is 0 Å². The lowest BCUT2D eigenvalue weighted by atomic mass is 9.98. The number of amides is 3. The van der Waals surface area contributed by atoms with E-state index >= 15 is 0 Å². The second-order valence-electron chi connectivity index (χ2n) is 4.85. The van der Waals surface area contributed by atoms with E-state index in [9.17, 15) is 14.4 Å². The van der Waals surface area contributed by atoms with Gasteiger partial charge in [-0.1, -0.05) is 6.07 Å². The molecule has 1 fully saturated rings. The highest BCUT2D eigenvalue weighted by Crippen LogP contribution is 2.31. The fourth-order valence-corrected chi connectivity index (χ4v) is 2.89. The maximum atomic E-state index is 12.2. The first-order chi connectivity index (χ1) is 9.56. The number of nitrogens with zero attached hydrogens (tertiary/aromatic N) is 2. The maximum absolute atomic E-state index is 12.2. The van der Waals surface area contributed by atoms with Gasteiger partial charge < -0.3 is 0 Å². The van der Waals surface area contributed by atoms with Crippen molar-refractivity contribution in [2.75, 3.05) is 4.90 Å². The van der Waals surface area contributed by atoms with Gasteiger partial charge in [-0.3, -0.25) is 24.6 Å². The van der Waals surface area contributed by atoms with Crippen LogP contribution in [0.1, 0.15) is 24.8 Å². The molecule has 2 aliphatic rings. The number of fused-ring (bicyclic) bond motifs is 1. The van der Waals surface area contributed by atoms with Gasteiger partial charge in [-0.2, -0.15) is 0 Å². The standard InChI is InChI=1S/C13H12BrN3O3/c14-9-4-1-7-2-6-11(19)17(12(7)15-9)8-3-5-10(18)16-13(8)20/h1,4,8H,2-3,5-6H2,(H,16,18,20). The van der Waals surface area contributed by atoms with Gasteiger partial charge in [0.25, 0.3) is 0 Å². The number of aryl methyl sites for hydroxylation is 1. The van der Waals surface area contributed by atoms with Crippen molar-refractivity contribution in [1.29, 1.82) is 0 Å². The van der Waals surface area contributed by atoms with Crippen LogP contribution in [0.4, 0.5) is 5.82 Å². The molecule has 104 valence electrons. The summed E-state index contributed by atoms with van der Waals surface area (Å²) in [6.45, 7) is 0. The lowest BCUT2D eigenvalue weighted by Gasteiger charge is -2.35. The number of carbonyl (C=O) groups is 3. The van der Waals surface area contributed by atoms with E-state index in [1.807, 2.05) is 12.1 Å². The summed E-state index contributed by atoms with van der Waals surface area (Å²) in [4.78, 5) is 41.2. The zero-order chi connectivity index (χ0) is 14.3. The van der Waals surface area contributed by atoms with Crippen molar-refractivity contribution in [1.82, 2.24) is 10.3 Å². The van der Waals surface area contributed by atoms with Crippen molar-refractivity contribution in [3.8, 4) is 0 Å². The van der Waals surface area contributed by atoms with Crippen molar-refractivity contribution in [2.45, 2.75) is 31.7 Å². The number of halogens is 1. The highest BCUT2D eigenvalue weighted by Gasteiger charge is 2.38. The van der Waals surface area contributed by atoms with E-state index < -0.39 is 11.9 Å². The second kappa shape index (κ2) is 4.97. The van der Waals surface area contributed by atoms with E-state index in [4.69, 9.17) is 0 Å². The van der Waals surface area contributed by atoms with Gasteiger partial charge in [-0.05, 0) is 40.4 Å². The predicted octanol–water partition coefficient (Wildman–Crippen LogP) is 0.928. The fraction of sp³-hybridized carbons (Fsp3) is 0.385. The summed E-state index contributed by atoms with van der Waals surface area (Å²) in [5.41, 5.74) is 0.942. The first-order valence-corrected chi connectivity index (χ1v) is 7.17. The number of hydrogen-bond donors (Lipinski definition) is 1. The normalized spacial score (nSPS) is 22.6. The summed E-state index contributed by atoms with van der Waals surface area (Å²) in [7, 11) is 0. The van der Waals surface area contributed by atoms with Gasteiger partial charge in [0.05, 0.1) is 0 Å². The minimum atomic E-state index is -0.652. The van der Waals surface area contributed by atoms with Crippen LogP contribution >= 0.6 is 15.9 Å². The van der Waals surface area contributed by atoms with Crippen molar-refractivity contribution < 1.29 is 14.4 Å². The molecule has 0 spiro atoms. The zero-order valence-electron chi connectivity index (χ0n) is 10.6. The monoisotopic (exact) mass is 337 g/mol. The molecule has 6 nitrogen and oxygen atoms in total. The minimum Gasteiger partial charge on any atom is -0.295 e. The minimum absolute atomic E-state index is 0.127. The number of imide groups is 1. The molecule has 1 unspecified atom stereocenters. The SMILES string of the molecule is O=C1CCC(N2C(=O)CCc3ccc(Br)nc32)C(=O)N1. The Balaban J connectivity index is 2.00. The number of aromatic nitrogens is 1. The summed E-state index contributed by atoms with van der Waals surface area (Å²) >= 11 is 3.28. The fourth-order valence-electron chi connectivity index (χ4n) is 2.59. The molecular weight excluding hydrogens is 326 g/mol. The largest absolute Gasteiger partial charge is 0.295 e. The van der Waals surface area contributed by atoms with E-state index in [-0.39, 0.29) is 18.2 Å². The number of piperidine rings is 1. The molecular formula is C13H12BrN3O3. The predicted molar refractivity (Wildman–Crippen MR) is 73.9 cm³/mol. The van der Waals surface area contributed by atoms with Crippen LogP contribution in [0, 0.1) is 0 Å². The van der Waals surface area contributed by atoms with Gasteiger partial charge in [-0.15, -0.1) is 0 Å². The first kappa shape index (κ1) is 13.2. The average molecular weight is 338 g/mol. The van der Waals surface area contributed by atoms with Gasteiger partial charge in [0.1, 0.15) is 16.5 Å². The number of nitrogens with one attached hydrogen (secondary N) is 1. The molecule has 1 aromatic rings. The Morgan fingerprint density at radius 3 is 2.75 bits per heavy atom. The summed E-state index contributed by atoms with van der Waals surface area (Å²) in [5.74, 6) is -0.329. The molecule has 1 N–H and O–H groups in total. The Labute approximate surface area is 123 Å². The van der Waals surface area contributed by atoms with Crippen LogP contribution in [0.2, 0.25) is 0 Å². The van der Waals surface area contributed by atoms with Crippen molar-refractivity contribution in [2.24, 2.45) is 0 Å². The molecule has 1 saturated heterocycles. The molecule has 7 heteroatoms. The number of pyridine rings is 1. The van der Waals surface area contributed by atoms with Gasteiger partial charge in [0.2, 0.25) is 17.7 Å². The van der Waals surface area contributed by atoms with Crippen LogP contribution in [-0.4, -0.2) is 28.7 Å². The molecule has 0 aromatic carbocycles. The van der Waals surface area contributed by atoms with E-state index in [1.54, 1.807) is 0 Å². The van der Waals surface area contributed by atoms with Crippen LogP contribution in [0.3, 0.4) is 0 Å². The van der Waals surface area contributed by atoms with E-state index in [0.717, 1.165) is 5.56 Å². The third-order valence-corrected chi connectivity index (χ3v) is 3.99. The number of rotatable bonds is 1. The Morgan fingerprint density at radius 2 is 2.00 bits per heavy atom. The lowest BCUT2D eigenvalue weighted by molar-refractivity contribution is -0.135. The van der Waals surface area contributed by atoms with Crippen LogP contribution in [0.25, 0.3) is 0 Å². The van der Waals surface area contributed by atoms with Crippen molar-refractivity contribution >= 4 is 39.5 Å². The van der Waals surface area contributed by atoms with E-state index in [2.05, 4.69) is 26.2 Å². The molecule has 1 aromatic heterocycles. The van der Waals surface area contributed by atoms with Crippen molar-refractivity contribution in [3.63, 3.8) is 0 Å². The lowest BCUT2D eigenvalue weighted by Crippen LogP contribution is -2.56. The Hall–Kier alpha value is -1.76. The second-order valence-corrected chi connectivity index (χ2v) is 5.66. The quantitative estimate of drug-likeness (QED) is 0.610. The first-order valence-electron chi connectivity index (χ1n) is 6.37. The third-order valence-electron chi connectivity index (χ3n) is 3.55. The van der Waals surface area contributed by atoms with Crippen LogP contribution in [0.15, 0.2) is 16.7 Å². The molecule has 0 radical (unpaired) electrons. The summed E-state index contributed by atoms with van der Waals surface area (Å²) in [5, 5.41) is 2.28. The molecule has 3 amide bonds. The third kappa shape index (κ3) is 2.22. The van der Waals surface area contributed by atoms with Gasteiger partial charge in [-0.25, -0.2) is 4.98 Å². The van der Waals surface area contributed by atoms with Gasteiger partial charge >= 0.3 is 0 Å². The molecule has 2 aliphatic heterocycles. The molecule has 3 rings (SSSR count). The summed E-state index contributed by atoms with van der Waals surface area (Å²) < 4.78 is 0.614. The Bertz CT molecular complexity index is 617. The molecule has 0 saturated carbocycles. The summed E-state index contributed by atoms with van der Waals surface area (Å²) in [6, 6.07) is 3.07. The van der Waals surface area contributed by atoms with Gasteiger partial charge in [0.15, 0.2) is 0 Å². The molecule has 0 bridgehead atoms. The number of hydrogen-bond acceptors (Lipinski definition) is 4. The van der Waals surface area contributed by atoms with Crippen molar-refractivity contribution in [3.05, 3.63) is 22.3 Å². The highest BCUT2D eigenvalue weighted by atomic mass is 79.9. The summed E-state index contributed by atoms with van der Waals surface area (Å²) in [6.07, 6.45) is 1.56. The maximum Gasteiger partial charge on any atom is 0.249 e. The Morgan fingerprint density at radius 1 is 1.20 bits per heavy atom. The molecule has 0 aliphatic carbocycles. The highest BCUT2D eigenvalue weighted by molar-refractivity contribution is 9.10. The van der Waals surface area contributed by atoms with Crippen LogP contribution < -0.4 is 10.2 Å². The number of anilines is 1. The smallest absolute Gasteiger partial charge is 0.249 e. The molecule has 3 heterocycles. The Kier molecular flexibility index (Phi) is 3.29. The average Bonchev–Trinajstić information content (AvgIpc) is 2.40. The van der Waals surface area contributed by atoms with Crippen LogP contribution in [-0.2, 0) is 20.8 Å². The zero-order valence-corrected chi connectivity index (χ0v) is 12.1. The van der Waals surface area contributed by atoms with Gasteiger partial charge in [0, 0.05) is 12.8 Å².